The Hall–Kier alpha value is -4.12. The minimum Gasteiger partial charge on any atom is -0.508 e. The molecule has 0 aliphatic carbocycles. The molecule has 4 rings (SSSR count). The van der Waals surface area contributed by atoms with Crippen molar-refractivity contribution in [1.29, 1.82) is 0 Å². The van der Waals surface area contributed by atoms with Gasteiger partial charge in [-0.15, -0.1) is 0 Å². The van der Waals surface area contributed by atoms with E-state index in [0.29, 0.717) is 24.3 Å². The van der Waals surface area contributed by atoms with E-state index < -0.39 is 0 Å². The van der Waals surface area contributed by atoms with Gasteiger partial charge in [0.05, 0.1) is 0 Å². The first-order chi connectivity index (χ1) is 15.9. The number of rotatable bonds is 8. The Kier molecular flexibility index (Phi) is 6.69. The molecule has 4 aromatic carbocycles. The minimum absolute atomic E-state index is 0.0146. The molecule has 0 aliphatic rings. The fraction of sp³-hybridized carbons (Fsp3) is 0.143. The van der Waals surface area contributed by atoms with E-state index in [1.54, 1.807) is 48.5 Å². The van der Waals surface area contributed by atoms with Crippen molar-refractivity contribution in [2.45, 2.75) is 25.7 Å². The zero-order valence-corrected chi connectivity index (χ0v) is 18.1. The number of hydrogen-bond donors (Lipinski definition) is 4. The summed E-state index contributed by atoms with van der Waals surface area (Å²) in [6, 6.07) is 24.5. The summed E-state index contributed by atoms with van der Waals surface area (Å²) in [4.78, 5) is 0. The number of aromatic hydroxyl groups is 4. The smallest absolute Gasteiger partial charge is 0.169 e. The van der Waals surface area contributed by atoms with Gasteiger partial charge >= 0.3 is 0 Å². The second-order valence-electron chi connectivity index (χ2n) is 8.08. The first-order valence-corrected chi connectivity index (χ1v) is 10.8. The summed E-state index contributed by atoms with van der Waals surface area (Å²) in [7, 11) is 0. The number of ether oxygens (including phenoxy) is 1. The molecule has 0 saturated carbocycles. The predicted molar refractivity (Wildman–Crippen MR) is 127 cm³/mol. The maximum absolute atomic E-state index is 10.3. The van der Waals surface area contributed by atoms with Gasteiger partial charge in [-0.25, -0.2) is 0 Å². The molecule has 0 spiro atoms. The standard InChI is InChI=1S/C28H26O5/c29-23-5-1-3-19(13-23)7-8-21-11-12-27(32)28(17-21)33-26-16-22(15-25(31)18-26)10-9-20-4-2-6-24(30)14-20/h1-6,11-18,29-32H,7-10H2. The van der Waals surface area contributed by atoms with E-state index in [1.807, 2.05) is 30.3 Å². The number of phenols is 4. The van der Waals surface area contributed by atoms with Crippen LogP contribution in [0, 0.1) is 0 Å². The van der Waals surface area contributed by atoms with Crippen LogP contribution in [0.2, 0.25) is 0 Å². The zero-order valence-electron chi connectivity index (χ0n) is 18.1. The van der Waals surface area contributed by atoms with Gasteiger partial charge in [-0.1, -0.05) is 30.3 Å². The summed E-state index contributed by atoms with van der Waals surface area (Å²) >= 11 is 0. The van der Waals surface area contributed by atoms with E-state index in [1.165, 1.54) is 6.07 Å². The van der Waals surface area contributed by atoms with Gasteiger partial charge in [0.2, 0.25) is 0 Å². The molecule has 5 nitrogen and oxygen atoms in total. The third-order valence-electron chi connectivity index (χ3n) is 5.43. The van der Waals surface area contributed by atoms with Crippen molar-refractivity contribution in [2.24, 2.45) is 0 Å². The van der Waals surface area contributed by atoms with Crippen molar-refractivity contribution in [3.05, 3.63) is 107 Å². The largest absolute Gasteiger partial charge is 0.508 e. The summed E-state index contributed by atoms with van der Waals surface area (Å²) < 4.78 is 5.92. The molecular weight excluding hydrogens is 416 g/mol. The van der Waals surface area contributed by atoms with E-state index in [2.05, 4.69) is 0 Å². The summed E-state index contributed by atoms with van der Waals surface area (Å²) in [5.74, 6) is 1.31. The normalized spacial score (nSPS) is 10.8. The highest BCUT2D eigenvalue weighted by atomic mass is 16.5. The molecule has 0 amide bonds. The van der Waals surface area contributed by atoms with Crippen LogP contribution in [0.25, 0.3) is 0 Å². The van der Waals surface area contributed by atoms with Gasteiger partial charge in [-0.05, 0) is 96.5 Å². The number of phenolic OH excluding ortho intramolecular Hbond substituents is 4. The first-order valence-electron chi connectivity index (χ1n) is 10.8. The van der Waals surface area contributed by atoms with E-state index in [4.69, 9.17) is 4.74 Å². The molecule has 0 aromatic heterocycles. The van der Waals surface area contributed by atoms with Crippen molar-refractivity contribution in [3.63, 3.8) is 0 Å². The second kappa shape index (κ2) is 10.0. The Morgan fingerprint density at radius 2 is 1.03 bits per heavy atom. The fourth-order valence-corrected chi connectivity index (χ4v) is 3.77. The molecule has 0 atom stereocenters. The molecule has 0 unspecified atom stereocenters. The van der Waals surface area contributed by atoms with E-state index in [-0.39, 0.29) is 23.0 Å². The highest BCUT2D eigenvalue weighted by molar-refractivity contribution is 5.47. The number of hydrogen-bond acceptors (Lipinski definition) is 5. The second-order valence-corrected chi connectivity index (χ2v) is 8.08. The third kappa shape index (κ3) is 6.20. The molecule has 0 bridgehead atoms. The average molecular weight is 443 g/mol. The third-order valence-corrected chi connectivity index (χ3v) is 5.43. The van der Waals surface area contributed by atoms with Gasteiger partial charge in [0.1, 0.15) is 23.0 Å². The molecule has 33 heavy (non-hydrogen) atoms. The monoisotopic (exact) mass is 442 g/mol. The van der Waals surface area contributed by atoms with Crippen LogP contribution in [0.1, 0.15) is 22.3 Å². The lowest BCUT2D eigenvalue weighted by atomic mass is 10.0. The summed E-state index contributed by atoms with van der Waals surface area (Å²) in [5.41, 5.74) is 3.89. The van der Waals surface area contributed by atoms with Crippen LogP contribution < -0.4 is 4.74 Å². The molecule has 0 aliphatic heterocycles. The van der Waals surface area contributed by atoms with Crippen LogP contribution in [0.3, 0.4) is 0 Å². The molecule has 5 heteroatoms. The summed E-state index contributed by atoms with van der Waals surface area (Å²) in [6.07, 6.45) is 2.82. The zero-order chi connectivity index (χ0) is 23.2. The molecule has 0 saturated heterocycles. The molecule has 4 N–H and O–H groups in total. The lowest BCUT2D eigenvalue weighted by molar-refractivity contribution is 0.406. The fourth-order valence-electron chi connectivity index (χ4n) is 3.77. The Morgan fingerprint density at radius 3 is 1.64 bits per heavy atom. The molecular formula is C28H26O5. The van der Waals surface area contributed by atoms with Crippen molar-refractivity contribution in [3.8, 4) is 34.5 Å². The van der Waals surface area contributed by atoms with E-state index in [0.717, 1.165) is 35.1 Å². The number of aryl methyl sites for hydroxylation is 4. The Labute approximate surface area is 192 Å². The van der Waals surface area contributed by atoms with Crippen molar-refractivity contribution >= 4 is 0 Å². The Morgan fingerprint density at radius 1 is 0.485 bits per heavy atom. The maximum atomic E-state index is 10.3. The summed E-state index contributed by atoms with van der Waals surface area (Å²) in [5, 5.41) is 39.7. The average Bonchev–Trinajstić information content (AvgIpc) is 2.78. The van der Waals surface area contributed by atoms with Gasteiger partial charge in [-0.3, -0.25) is 0 Å². The van der Waals surface area contributed by atoms with Gasteiger partial charge in [0, 0.05) is 6.07 Å². The Bertz CT molecular complexity index is 1250. The predicted octanol–water partition coefficient (Wildman–Crippen LogP) is 5.87. The highest BCUT2D eigenvalue weighted by Crippen LogP contribution is 2.34. The van der Waals surface area contributed by atoms with Crippen LogP contribution >= 0.6 is 0 Å². The van der Waals surface area contributed by atoms with Gasteiger partial charge < -0.3 is 25.2 Å². The topological polar surface area (TPSA) is 90.2 Å². The van der Waals surface area contributed by atoms with Crippen molar-refractivity contribution < 1.29 is 25.2 Å². The lowest BCUT2D eigenvalue weighted by Gasteiger charge is -2.12. The first kappa shape index (κ1) is 22.1. The van der Waals surface area contributed by atoms with E-state index >= 15 is 0 Å². The quantitative estimate of drug-likeness (QED) is 0.274. The Balaban J connectivity index is 1.45. The van der Waals surface area contributed by atoms with Gasteiger partial charge in [0.15, 0.2) is 11.5 Å². The van der Waals surface area contributed by atoms with Crippen LogP contribution in [-0.4, -0.2) is 20.4 Å². The van der Waals surface area contributed by atoms with E-state index in [9.17, 15) is 20.4 Å². The molecule has 4 aromatic rings. The molecule has 0 fully saturated rings. The van der Waals surface area contributed by atoms with Crippen LogP contribution in [0.5, 0.6) is 34.5 Å². The molecule has 0 heterocycles. The highest BCUT2D eigenvalue weighted by Gasteiger charge is 2.09. The van der Waals surface area contributed by atoms with Crippen LogP contribution in [0.15, 0.2) is 84.9 Å². The van der Waals surface area contributed by atoms with Gasteiger partial charge in [0.25, 0.3) is 0 Å². The summed E-state index contributed by atoms with van der Waals surface area (Å²) in [6.45, 7) is 0. The van der Waals surface area contributed by atoms with Gasteiger partial charge in [-0.2, -0.15) is 0 Å². The number of benzene rings is 4. The lowest BCUT2D eigenvalue weighted by Crippen LogP contribution is -1.94. The van der Waals surface area contributed by atoms with Crippen LogP contribution in [0.4, 0.5) is 0 Å². The minimum atomic E-state index is 0.0146. The SMILES string of the molecule is Oc1cccc(CCc2cc(O)cc(Oc3cc(CCc4cccc(O)c4)ccc3O)c2)c1. The van der Waals surface area contributed by atoms with Crippen molar-refractivity contribution in [1.82, 2.24) is 0 Å². The molecule has 0 radical (unpaired) electrons. The maximum Gasteiger partial charge on any atom is 0.169 e. The van der Waals surface area contributed by atoms with Crippen LogP contribution in [-0.2, 0) is 25.7 Å². The van der Waals surface area contributed by atoms with Crippen molar-refractivity contribution in [2.75, 3.05) is 0 Å². The molecule has 168 valence electrons.